The maximum atomic E-state index is 11.7. The number of aliphatic carboxylic acids is 1. The minimum atomic E-state index is -0.748. The largest absolute Gasteiger partial charge is 0.481 e. The number of nitrogens with one attached hydrogen (secondary N) is 2. The van der Waals surface area contributed by atoms with E-state index in [-0.39, 0.29) is 17.9 Å². The first kappa shape index (κ1) is 17.0. The van der Waals surface area contributed by atoms with Gasteiger partial charge in [-0.2, -0.15) is 0 Å². The monoisotopic (exact) mass is 284 g/mol. The van der Waals surface area contributed by atoms with Gasteiger partial charge in [0.2, 0.25) is 5.91 Å². The highest BCUT2D eigenvalue weighted by Crippen LogP contribution is 2.17. The van der Waals surface area contributed by atoms with Crippen LogP contribution in [0.2, 0.25) is 0 Å². The van der Waals surface area contributed by atoms with E-state index >= 15 is 0 Å². The van der Waals surface area contributed by atoms with Gasteiger partial charge in [-0.15, -0.1) is 0 Å². The van der Waals surface area contributed by atoms with Crippen molar-refractivity contribution in [2.45, 2.75) is 70.9 Å². The number of amides is 1. The molecule has 5 heteroatoms. The van der Waals surface area contributed by atoms with Crippen LogP contribution in [-0.4, -0.2) is 35.6 Å². The van der Waals surface area contributed by atoms with Crippen LogP contribution in [0.1, 0.15) is 58.8 Å². The summed E-state index contributed by atoms with van der Waals surface area (Å²) in [5.74, 6) is -1.01. The van der Waals surface area contributed by atoms with Crippen LogP contribution in [0.5, 0.6) is 0 Å². The van der Waals surface area contributed by atoms with E-state index in [0.717, 1.165) is 12.8 Å². The van der Waals surface area contributed by atoms with E-state index < -0.39 is 5.97 Å². The van der Waals surface area contributed by atoms with E-state index in [1.807, 2.05) is 6.92 Å². The second kappa shape index (κ2) is 8.95. The minimum absolute atomic E-state index is 0.0377. The van der Waals surface area contributed by atoms with Crippen LogP contribution in [0.4, 0.5) is 0 Å². The number of carboxylic acids is 1. The third kappa shape index (κ3) is 6.89. The molecule has 1 aliphatic rings. The molecule has 20 heavy (non-hydrogen) atoms. The summed E-state index contributed by atoms with van der Waals surface area (Å²) in [7, 11) is 0. The SMILES string of the molecule is CC(CCCC(C)C(=O)O)NC(=O)CNC1CCCC1. The van der Waals surface area contributed by atoms with E-state index in [0.29, 0.717) is 19.0 Å². The first-order chi connectivity index (χ1) is 9.49. The molecular formula is C15H28N2O3. The third-order valence-corrected chi connectivity index (χ3v) is 4.01. The normalized spacial score (nSPS) is 18.7. The second-order valence-electron chi connectivity index (χ2n) is 6.00. The zero-order valence-corrected chi connectivity index (χ0v) is 12.7. The average Bonchev–Trinajstić information content (AvgIpc) is 2.89. The van der Waals surface area contributed by atoms with Crippen LogP contribution in [0.25, 0.3) is 0 Å². The van der Waals surface area contributed by atoms with E-state index in [1.165, 1.54) is 25.7 Å². The van der Waals surface area contributed by atoms with Crippen LogP contribution in [0, 0.1) is 5.92 Å². The van der Waals surface area contributed by atoms with Gasteiger partial charge in [0.1, 0.15) is 0 Å². The van der Waals surface area contributed by atoms with Gasteiger partial charge < -0.3 is 15.7 Å². The minimum Gasteiger partial charge on any atom is -0.481 e. The smallest absolute Gasteiger partial charge is 0.306 e. The quantitative estimate of drug-likeness (QED) is 0.604. The number of hydrogen-bond donors (Lipinski definition) is 3. The van der Waals surface area contributed by atoms with Crippen molar-refractivity contribution in [2.24, 2.45) is 5.92 Å². The fraction of sp³-hybridized carbons (Fsp3) is 0.867. The molecule has 0 spiro atoms. The predicted molar refractivity (Wildman–Crippen MR) is 78.5 cm³/mol. The summed E-state index contributed by atoms with van der Waals surface area (Å²) in [6, 6.07) is 0.612. The van der Waals surface area contributed by atoms with Crippen molar-refractivity contribution in [2.75, 3.05) is 6.54 Å². The van der Waals surface area contributed by atoms with E-state index in [2.05, 4.69) is 10.6 Å². The maximum Gasteiger partial charge on any atom is 0.306 e. The van der Waals surface area contributed by atoms with Crippen LogP contribution < -0.4 is 10.6 Å². The van der Waals surface area contributed by atoms with Gasteiger partial charge in [0.05, 0.1) is 12.5 Å². The molecule has 2 unspecified atom stereocenters. The molecule has 116 valence electrons. The lowest BCUT2D eigenvalue weighted by Crippen LogP contribution is -2.41. The van der Waals surface area contributed by atoms with Crippen LogP contribution >= 0.6 is 0 Å². The lowest BCUT2D eigenvalue weighted by molar-refractivity contribution is -0.141. The number of rotatable bonds is 9. The lowest BCUT2D eigenvalue weighted by Gasteiger charge is -2.16. The van der Waals surface area contributed by atoms with E-state index in [4.69, 9.17) is 5.11 Å². The van der Waals surface area contributed by atoms with Crippen LogP contribution in [0.3, 0.4) is 0 Å². The molecule has 0 radical (unpaired) electrons. The van der Waals surface area contributed by atoms with Crippen LogP contribution in [0.15, 0.2) is 0 Å². The summed E-state index contributed by atoms with van der Waals surface area (Å²) in [6.07, 6.45) is 7.19. The molecular weight excluding hydrogens is 256 g/mol. The Bertz CT molecular complexity index is 314. The zero-order chi connectivity index (χ0) is 15.0. The van der Waals surface area contributed by atoms with E-state index in [1.54, 1.807) is 6.92 Å². The van der Waals surface area contributed by atoms with Crippen molar-refractivity contribution in [1.29, 1.82) is 0 Å². The van der Waals surface area contributed by atoms with Gasteiger partial charge in [-0.1, -0.05) is 26.2 Å². The van der Waals surface area contributed by atoms with Crippen molar-refractivity contribution in [1.82, 2.24) is 10.6 Å². The molecule has 0 bridgehead atoms. The molecule has 0 saturated heterocycles. The topological polar surface area (TPSA) is 78.4 Å². The molecule has 0 aromatic rings. The highest BCUT2D eigenvalue weighted by atomic mass is 16.4. The Labute approximate surface area is 121 Å². The summed E-state index contributed by atoms with van der Waals surface area (Å²) in [4.78, 5) is 22.4. The molecule has 0 heterocycles. The summed E-state index contributed by atoms with van der Waals surface area (Å²) in [6.45, 7) is 4.08. The molecule has 5 nitrogen and oxygen atoms in total. The molecule has 1 saturated carbocycles. The molecule has 0 aliphatic heterocycles. The first-order valence-corrected chi connectivity index (χ1v) is 7.74. The number of carbonyl (C=O) groups is 2. The van der Waals surface area contributed by atoms with Crippen molar-refractivity contribution in [3.8, 4) is 0 Å². The molecule has 1 fully saturated rings. The lowest BCUT2D eigenvalue weighted by atomic mass is 10.0. The fourth-order valence-corrected chi connectivity index (χ4v) is 2.62. The van der Waals surface area contributed by atoms with E-state index in [9.17, 15) is 9.59 Å². The van der Waals surface area contributed by atoms with Gasteiger partial charge in [0, 0.05) is 12.1 Å². The second-order valence-corrected chi connectivity index (χ2v) is 6.00. The van der Waals surface area contributed by atoms with Crippen LogP contribution in [-0.2, 0) is 9.59 Å². The van der Waals surface area contributed by atoms with Gasteiger partial charge in [-0.05, 0) is 32.6 Å². The first-order valence-electron chi connectivity index (χ1n) is 7.74. The zero-order valence-electron chi connectivity index (χ0n) is 12.7. The summed E-state index contributed by atoms with van der Waals surface area (Å²) >= 11 is 0. The summed E-state index contributed by atoms with van der Waals surface area (Å²) < 4.78 is 0. The highest BCUT2D eigenvalue weighted by Gasteiger charge is 2.16. The van der Waals surface area contributed by atoms with Gasteiger partial charge in [-0.3, -0.25) is 9.59 Å². The molecule has 1 aliphatic carbocycles. The highest BCUT2D eigenvalue weighted by molar-refractivity contribution is 5.78. The van der Waals surface area contributed by atoms with Gasteiger partial charge in [0.15, 0.2) is 0 Å². The molecule has 0 aromatic heterocycles. The Balaban J connectivity index is 2.06. The van der Waals surface area contributed by atoms with Crippen molar-refractivity contribution < 1.29 is 14.7 Å². The number of hydrogen-bond acceptors (Lipinski definition) is 3. The van der Waals surface area contributed by atoms with Gasteiger partial charge in [0.25, 0.3) is 0 Å². The van der Waals surface area contributed by atoms with Crippen molar-refractivity contribution in [3.05, 3.63) is 0 Å². The van der Waals surface area contributed by atoms with Crippen molar-refractivity contribution in [3.63, 3.8) is 0 Å². The number of carboxylic acid groups (broad SMARTS) is 1. The Morgan fingerprint density at radius 2 is 1.85 bits per heavy atom. The van der Waals surface area contributed by atoms with Gasteiger partial charge >= 0.3 is 5.97 Å². The molecule has 3 N–H and O–H groups in total. The average molecular weight is 284 g/mol. The molecule has 1 rings (SSSR count). The standard InChI is InChI=1S/C15H28N2O3/c1-11(15(19)20)6-5-7-12(2)17-14(18)10-16-13-8-3-4-9-13/h11-13,16H,3-10H2,1-2H3,(H,17,18)(H,19,20). The molecule has 0 aromatic carbocycles. The molecule has 1 amide bonds. The summed E-state index contributed by atoms with van der Waals surface area (Å²) in [5, 5.41) is 15.0. The Morgan fingerprint density at radius 3 is 2.45 bits per heavy atom. The summed E-state index contributed by atoms with van der Waals surface area (Å²) in [5.41, 5.74) is 0. The maximum absolute atomic E-state index is 11.7. The fourth-order valence-electron chi connectivity index (χ4n) is 2.62. The Kier molecular flexibility index (Phi) is 7.59. The number of carbonyl (C=O) groups excluding carboxylic acids is 1. The Hall–Kier alpha value is -1.10. The van der Waals surface area contributed by atoms with Crippen molar-refractivity contribution >= 4 is 11.9 Å². The Morgan fingerprint density at radius 1 is 1.20 bits per heavy atom. The third-order valence-electron chi connectivity index (χ3n) is 4.01. The molecule has 2 atom stereocenters. The van der Waals surface area contributed by atoms with Gasteiger partial charge in [-0.25, -0.2) is 0 Å². The predicted octanol–water partition coefficient (Wildman–Crippen LogP) is 1.91.